The fourth-order valence-electron chi connectivity index (χ4n) is 2.04. The SMILES string of the molecule is CC(Cc1cccs1)N(C)c1sc([C@H](C)O)cc1[N+](=O)[O-]. The van der Waals surface area contributed by atoms with Gasteiger partial charge >= 0.3 is 5.69 Å². The Labute approximate surface area is 131 Å². The van der Waals surface area contributed by atoms with Crippen molar-refractivity contribution in [2.75, 3.05) is 11.9 Å². The van der Waals surface area contributed by atoms with Gasteiger partial charge in [-0.25, -0.2) is 0 Å². The summed E-state index contributed by atoms with van der Waals surface area (Å²) in [6, 6.07) is 5.69. The number of aliphatic hydroxyl groups is 1. The molecule has 2 aromatic rings. The summed E-state index contributed by atoms with van der Waals surface area (Å²) in [5, 5.41) is 23.5. The molecule has 0 aliphatic heterocycles. The van der Waals surface area contributed by atoms with E-state index < -0.39 is 6.10 Å². The van der Waals surface area contributed by atoms with E-state index >= 15 is 0 Å². The molecule has 114 valence electrons. The van der Waals surface area contributed by atoms with Crippen LogP contribution in [-0.4, -0.2) is 23.1 Å². The van der Waals surface area contributed by atoms with Gasteiger partial charge in [-0.15, -0.1) is 22.7 Å². The summed E-state index contributed by atoms with van der Waals surface area (Å²) >= 11 is 2.97. The van der Waals surface area contributed by atoms with Gasteiger partial charge in [-0.3, -0.25) is 10.1 Å². The lowest BCUT2D eigenvalue weighted by molar-refractivity contribution is -0.383. The summed E-state index contributed by atoms with van der Waals surface area (Å²) in [6.45, 7) is 3.67. The maximum Gasteiger partial charge on any atom is 0.304 e. The highest BCUT2D eigenvalue weighted by Crippen LogP contribution is 2.40. The zero-order chi connectivity index (χ0) is 15.6. The molecule has 5 nitrogen and oxygen atoms in total. The van der Waals surface area contributed by atoms with Gasteiger partial charge in [0.25, 0.3) is 0 Å². The minimum atomic E-state index is -0.691. The van der Waals surface area contributed by atoms with Crippen LogP contribution in [0.4, 0.5) is 10.7 Å². The highest BCUT2D eigenvalue weighted by atomic mass is 32.1. The van der Waals surface area contributed by atoms with Crippen molar-refractivity contribution < 1.29 is 10.0 Å². The van der Waals surface area contributed by atoms with E-state index in [-0.39, 0.29) is 16.7 Å². The molecule has 0 bridgehead atoms. The van der Waals surface area contributed by atoms with Crippen molar-refractivity contribution in [3.8, 4) is 0 Å². The first-order valence-electron chi connectivity index (χ1n) is 6.61. The van der Waals surface area contributed by atoms with E-state index in [1.807, 2.05) is 30.3 Å². The summed E-state index contributed by atoms with van der Waals surface area (Å²) < 4.78 is 0. The molecular formula is C14H18N2O3S2. The van der Waals surface area contributed by atoms with Gasteiger partial charge in [0.1, 0.15) is 0 Å². The van der Waals surface area contributed by atoms with Crippen LogP contribution in [0.3, 0.4) is 0 Å². The third-order valence-electron chi connectivity index (χ3n) is 3.38. The summed E-state index contributed by atoms with van der Waals surface area (Å²) in [5.74, 6) is 0. The first kappa shape index (κ1) is 15.9. The summed E-state index contributed by atoms with van der Waals surface area (Å²) in [6.07, 6.45) is 0.149. The molecular weight excluding hydrogens is 308 g/mol. The number of hydrogen-bond acceptors (Lipinski definition) is 6. The van der Waals surface area contributed by atoms with E-state index in [1.54, 1.807) is 18.3 Å². The van der Waals surface area contributed by atoms with Crippen LogP contribution in [0.5, 0.6) is 0 Å². The summed E-state index contributed by atoms with van der Waals surface area (Å²) in [4.78, 5) is 14.6. The Hall–Kier alpha value is -1.44. The second kappa shape index (κ2) is 6.55. The van der Waals surface area contributed by atoms with Gasteiger partial charge in [0.15, 0.2) is 5.00 Å². The Morgan fingerprint density at radius 3 is 2.71 bits per heavy atom. The van der Waals surface area contributed by atoms with Gasteiger partial charge < -0.3 is 10.0 Å². The molecule has 21 heavy (non-hydrogen) atoms. The molecule has 0 amide bonds. The number of nitrogens with zero attached hydrogens (tertiary/aromatic N) is 2. The number of anilines is 1. The molecule has 0 saturated carbocycles. The number of rotatable bonds is 6. The molecule has 0 fully saturated rings. The number of likely N-dealkylation sites (N-methyl/N-ethyl adjacent to an activating group) is 1. The van der Waals surface area contributed by atoms with Gasteiger partial charge in [-0.2, -0.15) is 0 Å². The van der Waals surface area contributed by atoms with E-state index in [9.17, 15) is 15.2 Å². The molecule has 2 heterocycles. The van der Waals surface area contributed by atoms with Crippen LogP contribution in [0.25, 0.3) is 0 Å². The van der Waals surface area contributed by atoms with Crippen molar-refractivity contribution in [2.45, 2.75) is 32.4 Å². The largest absolute Gasteiger partial charge is 0.388 e. The fraction of sp³-hybridized carbons (Fsp3) is 0.429. The second-order valence-electron chi connectivity index (χ2n) is 5.02. The van der Waals surface area contributed by atoms with Crippen molar-refractivity contribution in [3.05, 3.63) is 43.4 Å². The first-order chi connectivity index (χ1) is 9.90. The maximum absolute atomic E-state index is 11.2. The number of aliphatic hydroxyl groups excluding tert-OH is 1. The maximum atomic E-state index is 11.2. The Balaban J connectivity index is 2.24. The smallest absolute Gasteiger partial charge is 0.304 e. The van der Waals surface area contributed by atoms with Crippen LogP contribution in [0.15, 0.2) is 23.6 Å². The van der Waals surface area contributed by atoms with Crippen molar-refractivity contribution in [2.24, 2.45) is 0 Å². The standard InChI is InChI=1S/C14H18N2O3S2/c1-9(7-11-5-4-6-20-11)15(3)14-12(16(18)19)8-13(21-14)10(2)17/h4-6,8-10,17H,7H2,1-3H3/t9?,10-/m0/s1. The Morgan fingerprint density at radius 2 is 2.19 bits per heavy atom. The quantitative estimate of drug-likeness (QED) is 0.647. The molecule has 2 aromatic heterocycles. The number of thiophene rings is 2. The van der Waals surface area contributed by atoms with Crippen LogP contribution >= 0.6 is 22.7 Å². The predicted octanol–water partition coefficient (Wildman–Crippen LogP) is 3.84. The van der Waals surface area contributed by atoms with E-state index in [0.29, 0.717) is 9.88 Å². The molecule has 2 atom stereocenters. The third-order valence-corrected chi connectivity index (χ3v) is 5.66. The lowest BCUT2D eigenvalue weighted by Gasteiger charge is -2.24. The minimum Gasteiger partial charge on any atom is -0.388 e. The first-order valence-corrected chi connectivity index (χ1v) is 8.31. The normalized spacial score (nSPS) is 13.9. The molecule has 1 unspecified atom stereocenters. The molecule has 1 N–H and O–H groups in total. The van der Waals surface area contributed by atoms with E-state index in [2.05, 4.69) is 6.07 Å². The fourth-order valence-corrected chi connectivity index (χ4v) is 3.99. The number of nitro groups is 1. The lowest BCUT2D eigenvalue weighted by Crippen LogP contribution is -2.30. The van der Waals surface area contributed by atoms with Crippen molar-refractivity contribution in [3.63, 3.8) is 0 Å². The average molecular weight is 326 g/mol. The van der Waals surface area contributed by atoms with Crippen LogP contribution < -0.4 is 4.90 Å². The third kappa shape index (κ3) is 3.61. The minimum absolute atomic E-state index is 0.0661. The van der Waals surface area contributed by atoms with E-state index in [4.69, 9.17) is 0 Å². The highest BCUT2D eigenvalue weighted by molar-refractivity contribution is 7.16. The summed E-state index contributed by atoms with van der Waals surface area (Å²) in [5.41, 5.74) is 0.0661. The van der Waals surface area contributed by atoms with E-state index in [1.165, 1.54) is 22.3 Å². The molecule has 0 aliphatic carbocycles. The molecule has 0 radical (unpaired) electrons. The van der Waals surface area contributed by atoms with Crippen LogP contribution in [0.1, 0.15) is 29.7 Å². The van der Waals surface area contributed by atoms with Gasteiger partial charge in [-0.1, -0.05) is 6.07 Å². The zero-order valence-corrected chi connectivity index (χ0v) is 13.8. The summed E-state index contributed by atoms with van der Waals surface area (Å²) in [7, 11) is 1.86. The zero-order valence-electron chi connectivity index (χ0n) is 12.1. The Morgan fingerprint density at radius 1 is 1.48 bits per heavy atom. The van der Waals surface area contributed by atoms with Gasteiger partial charge in [0, 0.05) is 35.3 Å². The van der Waals surface area contributed by atoms with Crippen LogP contribution in [-0.2, 0) is 6.42 Å². The predicted molar refractivity (Wildman–Crippen MR) is 87.5 cm³/mol. The lowest BCUT2D eigenvalue weighted by atomic mass is 10.2. The molecule has 2 rings (SSSR count). The molecule has 0 aliphatic rings. The monoisotopic (exact) mass is 326 g/mol. The van der Waals surface area contributed by atoms with Crippen molar-refractivity contribution >= 4 is 33.4 Å². The van der Waals surface area contributed by atoms with Crippen molar-refractivity contribution in [1.82, 2.24) is 0 Å². The van der Waals surface area contributed by atoms with Gasteiger partial charge in [0.2, 0.25) is 0 Å². The van der Waals surface area contributed by atoms with Gasteiger partial charge in [0.05, 0.1) is 11.0 Å². The molecule has 7 heteroatoms. The number of hydrogen-bond donors (Lipinski definition) is 1. The Bertz CT molecular complexity index is 608. The van der Waals surface area contributed by atoms with Crippen LogP contribution in [0.2, 0.25) is 0 Å². The van der Waals surface area contributed by atoms with Crippen molar-refractivity contribution in [1.29, 1.82) is 0 Å². The van der Waals surface area contributed by atoms with Crippen LogP contribution in [0, 0.1) is 10.1 Å². The topological polar surface area (TPSA) is 66.6 Å². The average Bonchev–Trinajstić information content (AvgIpc) is 3.06. The molecule has 0 saturated heterocycles. The molecule has 0 spiro atoms. The Kier molecular flexibility index (Phi) is 4.97. The highest BCUT2D eigenvalue weighted by Gasteiger charge is 2.26. The second-order valence-corrected chi connectivity index (χ2v) is 7.11. The van der Waals surface area contributed by atoms with Gasteiger partial charge in [-0.05, 0) is 25.3 Å². The molecule has 0 aromatic carbocycles. The van der Waals surface area contributed by atoms with E-state index in [0.717, 1.165) is 6.42 Å².